The summed E-state index contributed by atoms with van der Waals surface area (Å²) in [5.41, 5.74) is 3.60. The lowest BCUT2D eigenvalue weighted by Gasteiger charge is -2.19. The van der Waals surface area contributed by atoms with Gasteiger partial charge in [0.25, 0.3) is 0 Å². The maximum absolute atomic E-state index is 11.4. The van der Waals surface area contributed by atoms with Crippen LogP contribution in [0.2, 0.25) is 0 Å². The molecule has 0 saturated carbocycles. The SMILES string of the molecule is CC(=O)CSc1nnc(-c2ccc(C(C)(C)C)cc2)n1Cc1ccccc1. The van der Waals surface area contributed by atoms with Crippen LogP contribution >= 0.6 is 11.8 Å². The fourth-order valence-corrected chi connectivity index (χ4v) is 3.54. The number of benzene rings is 2. The van der Waals surface area contributed by atoms with E-state index in [0.717, 1.165) is 16.5 Å². The van der Waals surface area contributed by atoms with Gasteiger partial charge in [-0.25, -0.2) is 0 Å². The molecule has 0 unspecified atom stereocenters. The number of carbonyl (C=O) groups excluding carboxylic acids is 1. The molecule has 0 amide bonds. The minimum Gasteiger partial charge on any atom is -0.299 e. The molecule has 4 nitrogen and oxygen atoms in total. The number of aromatic nitrogens is 3. The molecule has 3 aromatic rings. The summed E-state index contributed by atoms with van der Waals surface area (Å²) >= 11 is 1.44. The Labute approximate surface area is 165 Å². The number of carbonyl (C=O) groups is 1. The first-order valence-corrected chi connectivity index (χ1v) is 10.0. The van der Waals surface area contributed by atoms with Crippen LogP contribution in [0.3, 0.4) is 0 Å². The lowest BCUT2D eigenvalue weighted by atomic mass is 9.87. The minimum absolute atomic E-state index is 0.110. The van der Waals surface area contributed by atoms with Crippen LogP contribution in [0.25, 0.3) is 11.4 Å². The van der Waals surface area contributed by atoms with E-state index in [4.69, 9.17) is 0 Å². The van der Waals surface area contributed by atoms with Gasteiger partial charge in [-0.1, -0.05) is 87.1 Å². The van der Waals surface area contributed by atoms with Gasteiger partial charge in [-0.3, -0.25) is 9.36 Å². The van der Waals surface area contributed by atoms with Gasteiger partial charge in [0, 0.05) is 5.56 Å². The summed E-state index contributed by atoms with van der Waals surface area (Å²) in [7, 11) is 0. The number of hydrogen-bond donors (Lipinski definition) is 0. The number of Topliss-reactive ketones (excluding diaryl/α,β-unsaturated/α-hetero) is 1. The Morgan fingerprint density at radius 3 is 2.26 bits per heavy atom. The van der Waals surface area contributed by atoms with E-state index in [-0.39, 0.29) is 11.2 Å². The lowest BCUT2D eigenvalue weighted by Crippen LogP contribution is -2.10. The first kappa shape index (κ1) is 19.4. The molecular formula is C22H25N3OS. The third kappa shape index (κ3) is 4.86. The minimum atomic E-state index is 0.110. The van der Waals surface area contributed by atoms with E-state index in [0.29, 0.717) is 12.3 Å². The van der Waals surface area contributed by atoms with Gasteiger partial charge in [-0.05, 0) is 23.5 Å². The zero-order valence-electron chi connectivity index (χ0n) is 16.3. The first-order chi connectivity index (χ1) is 12.8. The second-order valence-corrected chi connectivity index (χ2v) is 8.64. The molecule has 0 aliphatic carbocycles. The van der Waals surface area contributed by atoms with Crippen molar-refractivity contribution in [3.63, 3.8) is 0 Å². The van der Waals surface area contributed by atoms with Crippen molar-refractivity contribution >= 4 is 17.5 Å². The summed E-state index contributed by atoms with van der Waals surface area (Å²) in [6.07, 6.45) is 0. The highest BCUT2D eigenvalue weighted by Crippen LogP contribution is 2.28. The maximum Gasteiger partial charge on any atom is 0.192 e. The molecule has 0 bridgehead atoms. The Hall–Kier alpha value is -2.40. The molecule has 0 fully saturated rings. The highest BCUT2D eigenvalue weighted by atomic mass is 32.2. The van der Waals surface area contributed by atoms with Crippen LogP contribution in [-0.2, 0) is 16.8 Å². The molecule has 0 aliphatic heterocycles. The maximum atomic E-state index is 11.4. The van der Waals surface area contributed by atoms with E-state index in [1.807, 2.05) is 18.2 Å². The van der Waals surface area contributed by atoms with Crippen molar-refractivity contribution in [3.8, 4) is 11.4 Å². The van der Waals surface area contributed by atoms with Gasteiger partial charge in [0.05, 0.1) is 12.3 Å². The van der Waals surface area contributed by atoms with Crippen LogP contribution in [-0.4, -0.2) is 26.3 Å². The number of ketones is 1. The lowest BCUT2D eigenvalue weighted by molar-refractivity contribution is -0.114. The van der Waals surface area contributed by atoms with Gasteiger partial charge >= 0.3 is 0 Å². The van der Waals surface area contributed by atoms with Crippen molar-refractivity contribution < 1.29 is 4.79 Å². The Morgan fingerprint density at radius 2 is 1.67 bits per heavy atom. The van der Waals surface area contributed by atoms with Crippen LogP contribution in [0.15, 0.2) is 59.8 Å². The molecule has 0 radical (unpaired) electrons. The number of rotatable bonds is 6. The van der Waals surface area contributed by atoms with Crippen molar-refractivity contribution in [1.82, 2.24) is 14.8 Å². The molecular weight excluding hydrogens is 354 g/mol. The summed E-state index contributed by atoms with van der Waals surface area (Å²) in [6.45, 7) is 8.88. The highest BCUT2D eigenvalue weighted by Gasteiger charge is 2.17. The van der Waals surface area contributed by atoms with Crippen molar-refractivity contribution in [1.29, 1.82) is 0 Å². The predicted molar refractivity (Wildman–Crippen MR) is 111 cm³/mol. The highest BCUT2D eigenvalue weighted by molar-refractivity contribution is 7.99. The molecule has 0 N–H and O–H groups in total. The zero-order valence-corrected chi connectivity index (χ0v) is 17.1. The first-order valence-electron chi connectivity index (χ1n) is 9.05. The van der Waals surface area contributed by atoms with E-state index >= 15 is 0 Å². The molecule has 0 atom stereocenters. The van der Waals surface area contributed by atoms with Crippen LogP contribution in [0.5, 0.6) is 0 Å². The number of nitrogens with zero attached hydrogens (tertiary/aromatic N) is 3. The smallest absolute Gasteiger partial charge is 0.192 e. The van der Waals surface area contributed by atoms with Gasteiger partial charge in [0.1, 0.15) is 5.78 Å². The van der Waals surface area contributed by atoms with E-state index in [1.54, 1.807) is 6.92 Å². The second kappa shape index (κ2) is 8.09. The Kier molecular flexibility index (Phi) is 5.80. The molecule has 0 saturated heterocycles. The number of hydrogen-bond acceptors (Lipinski definition) is 4. The van der Waals surface area contributed by atoms with Gasteiger partial charge in [0.2, 0.25) is 0 Å². The van der Waals surface area contributed by atoms with E-state index in [1.165, 1.54) is 22.9 Å². The second-order valence-electron chi connectivity index (χ2n) is 7.70. The molecule has 27 heavy (non-hydrogen) atoms. The monoisotopic (exact) mass is 379 g/mol. The summed E-state index contributed by atoms with van der Waals surface area (Å²) in [5.74, 6) is 1.35. The third-order valence-corrected chi connectivity index (χ3v) is 5.43. The summed E-state index contributed by atoms with van der Waals surface area (Å²) in [6, 6.07) is 18.8. The average Bonchev–Trinajstić information content (AvgIpc) is 3.03. The summed E-state index contributed by atoms with van der Waals surface area (Å²) < 4.78 is 2.09. The van der Waals surface area contributed by atoms with Crippen molar-refractivity contribution in [3.05, 3.63) is 65.7 Å². The van der Waals surface area contributed by atoms with Crippen LogP contribution in [0.4, 0.5) is 0 Å². The largest absolute Gasteiger partial charge is 0.299 e. The average molecular weight is 380 g/mol. The van der Waals surface area contributed by atoms with Gasteiger partial charge in [0.15, 0.2) is 11.0 Å². The normalized spacial score (nSPS) is 11.6. The molecule has 2 aromatic carbocycles. The van der Waals surface area contributed by atoms with Gasteiger partial charge in [-0.2, -0.15) is 0 Å². The van der Waals surface area contributed by atoms with E-state index < -0.39 is 0 Å². The Balaban J connectivity index is 1.97. The quantitative estimate of drug-likeness (QED) is 0.567. The van der Waals surface area contributed by atoms with Gasteiger partial charge < -0.3 is 0 Å². The van der Waals surface area contributed by atoms with Crippen molar-refractivity contribution in [2.24, 2.45) is 0 Å². The standard InChI is InChI=1S/C22H25N3OS/c1-16(26)15-27-21-24-23-20(25(21)14-17-8-6-5-7-9-17)18-10-12-19(13-11-18)22(2,3)4/h5-13H,14-15H2,1-4H3. The summed E-state index contributed by atoms with van der Waals surface area (Å²) in [5, 5.41) is 9.56. The van der Waals surface area contributed by atoms with Crippen molar-refractivity contribution in [2.45, 2.75) is 44.8 Å². The topological polar surface area (TPSA) is 47.8 Å². The fraction of sp³-hybridized carbons (Fsp3) is 0.318. The van der Waals surface area contributed by atoms with Gasteiger partial charge in [-0.15, -0.1) is 10.2 Å². The van der Waals surface area contributed by atoms with Crippen molar-refractivity contribution in [2.75, 3.05) is 5.75 Å². The van der Waals surface area contributed by atoms with Crippen LogP contribution in [0.1, 0.15) is 38.8 Å². The van der Waals surface area contributed by atoms with Crippen LogP contribution < -0.4 is 0 Å². The molecule has 140 valence electrons. The third-order valence-electron chi connectivity index (χ3n) is 4.31. The van der Waals surface area contributed by atoms with Crippen LogP contribution in [0, 0.1) is 0 Å². The molecule has 0 aliphatic rings. The summed E-state index contributed by atoms with van der Waals surface area (Å²) in [4.78, 5) is 11.4. The van der Waals surface area contributed by atoms with E-state index in [2.05, 4.69) is 71.9 Å². The van der Waals surface area contributed by atoms with E-state index in [9.17, 15) is 4.79 Å². The predicted octanol–water partition coefficient (Wildman–Crippen LogP) is 4.97. The number of thioether (sulfide) groups is 1. The molecule has 3 rings (SSSR count). The molecule has 5 heteroatoms. The molecule has 1 aromatic heterocycles. The Bertz CT molecular complexity index is 909. The molecule has 1 heterocycles. The fourth-order valence-electron chi connectivity index (χ4n) is 2.80. The Morgan fingerprint density at radius 1 is 1.00 bits per heavy atom. The molecule has 0 spiro atoms. The zero-order chi connectivity index (χ0) is 19.4.